The van der Waals surface area contributed by atoms with Gasteiger partial charge in [-0.25, -0.2) is 4.98 Å². The minimum Gasteiger partial charge on any atom is -0.355 e. The highest BCUT2D eigenvalue weighted by Crippen LogP contribution is 2.21. The third kappa shape index (κ3) is 2.94. The van der Waals surface area contributed by atoms with Gasteiger partial charge in [-0.2, -0.15) is 5.10 Å². The van der Waals surface area contributed by atoms with Gasteiger partial charge >= 0.3 is 0 Å². The van der Waals surface area contributed by atoms with Gasteiger partial charge in [-0.1, -0.05) is 11.6 Å². The summed E-state index contributed by atoms with van der Waals surface area (Å²) in [6, 6.07) is 3.70. The van der Waals surface area contributed by atoms with E-state index in [0.717, 1.165) is 17.9 Å². The number of halogens is 2. The summed E-state index contributed by atoms with van der Waals surface area (Å²) in [4.78, 5) is 6.46. The van der Waals surface area contributed by atoms with Gasteiger partial charge in [-0.3, -0.25) is 4.68 Å². The van der Waals surface area contributed by atoms with Crippen LogP contribution >= 0.6 is 23.2 Å². The lowest BCUT2D eigenvalue weighted by Gasteiger charge is -2.18. The first-order valence-corrected chi connectivity index (χ1v) is 6.41. The summed E-state index contributed by atoms with van der Waals surface area (Å²) in [6.07, 6.45) is 3.82. The van der Waals surface area contributed by atoms with Gasteiger partial charge in [0.25, 0.3) is 0 Å². The molecule has 6 heteroatoms. The molecule has 0 saturated carbocycles. The second-order valence-corrected chi connectivity index (χ2v) is 4.78. The maximum absolute atomic E-state index is 5.99. The molecule has 18 heavy (non-hydrogen) atoms. The SMILES string of the molecule is CN(Cc1cnn(C)c1)c1ccc(Cl)c(CCl)n1. The van der Waals surface area contributed by atoms with E-state index in [1.807, 2.05) is 43.5 Å². The number of alkyl halides is 1. The molecular weight excluding hydrogens is 271 g/mol. The van der Waals surface area contributed by atoms with Gasteiger partial charge in [0.2, 0.25) is 0 Å². The van der Waals surface area contributed by atoms with Gasteiger partial charge in [0, 0.05) is 32.4 Å². The molecule has 2 aromatic rings. The molecule has 0 bridgehead atoms. The van der Waals surface area contributed by atoms with Crippen molar-refractivity contribution in [2.75, 3.05) is 11.9 Å². The maximum Gasteiger partial charge on any atom is 0.129 e. The van der Waals surface area contributed by atoms with Crippen LogP contribution in [-0.4, -0.2) is 21.8 Å². The van der Waals surface area contributed by atoms with Gasteiger partial charge in [0.15, 0.2) is 0 Å². The monoisotopic (exact) mass is 284 g/mol. The van der Waals surface area contributed by atoms with Crippen LogP contribution in [0.5, 0.6) is 0 Å². The van der Waals surface area contributed by atoms with Crippen molar-refractivity contribution >= 4 is 29.0 Å². The molecule has 0 aromatic carbocycles. The van der Waals surface area contributed by atoms with Crippen LogP contribution in [0.25, 0.3) is 0 Å². The van der Waals surface area contributed by atoms with Gasteiger partial charge in [0.05, 0.1) is 22.8 Å². The summed E-state index contributed by atoms with van der Waals surface area (Å²) in [7, 11) is 3.87. The molecule has 4 nitrogen and oxygen atoms in total. The molecule has 0 aliphatic heterocycles. The fourth-order valence-corrected chi connectivity index (χ4v) is 2.13. The predicted molar refractivity (Wildman–Crippen MR) is 74.1 cm³/mol. The third-order valence-electron chi connectivity index (χ3n) is 2.60. The fraction of sp³-hybridized carbons (Fsp3) is 0.333. The van der Waals surface area contributed by atoms with Gasteiger partial charge in [0.1, 0.15) is 5.82 Å². The number of anilines is 1. The molecule has 2 aromatic heterocycles. The number of hydrogen-bond acceptors (Lipinski definition) is 3. The molecule has 2 rings (SSSR count). The Balaban J connectivity index is 2.15. The van der Waals surface area contributed by atoms with E-state index in [-0.39, 0.29) is 0 Å². The summed E-state index contributed by atoms with van der Waals surface area (Å²) in [6.45, 7) is 0.740. The molecule has 0 atom stereocenters. The molecule has 0 fully saturated rings. The van der Waals surface area contributed by atoms with Crippen molar-refractivity contribution in [3.8, 4) is 0 Å². The molecule has 0 saturated heterocycles. The van der Waals surface area contributed by atoms with Crippen molar-refractivity contribution in [3.05, 3.63) is 40.8 Å². The molecule has 0 spiro atoms. The summed E-state index contributed by atoms with van der Waals surface area (Å²) < 4.78 is 1.78. The Morgan fingerprint density at radius 1 is 1.39 bits per heavy atom. The Kier molecular flexibility index (Phi) is 4.09. The molecular formula is C12H14Cl2N4. The first-order valence-electron chi connectivity index (χ1n) is 5.50. The van der Waals surface area contributed by atoms with E-state index in [2.05, 4.69) is 10.1 Å². The normalized spacial score (nSPS) is 10.7. The summed E-state index contributed by atoms with van der Waals surface area (Å²) in [5.41, 5.74) is 1.83. The van der Waals surface area contributed by atoms with Crippen LogP contribution in [0.2, 0.25) is 5.02 Å². The van der Waals surface area contributed by atoms with E-state index in [0.29, 0.717) is 16.6 Å². The van der Waals surface area contributed by atoms with Gasteiger partial charge in [-0.05, 0) is 12.1 Å². The predicted octanol–water partition coefficient (Wildman–Crippen LogP) is 2.84. The van der Waals surface area contributed by atoms with Crippen molar-refractivity contribution in [1.29, 1.82) is 0 Å². The lowest BCUT2D eigenvalue weighted by Crippen LogP contribution is -2.17. The maximum atomic E-state index is 5.99. The molecule has 0 aliphatic carbocycles. The van der Waals surface area contributed by atoms with E-state index >= 15 is 0 Å². The Morgan fingerprint density at radius 2 is 2.17 bits per heavy atom. The minimum absolute atomic E-state index is 0.313. The van der Waals surface area contributed by atoms with Crippen LogP contribution in [-0.2, 0) is 19.5 Å². The molecule has 0 aliphatic rings. The lowest BCUT2D eigenvalue weighted by molar-refractivity contribution is 0.766. The fourth-order valence-electron chi connectivity index (χ4n) is 1.69. The zero-order chi connectivity index (χ0) is 13.1. The first kappa shape index (κ1) is 13.2. The van der Waals surface area contributed by atoms with Crippen LogP contribution in [0.4, 0.5) is 5.82 Å². The number of aryl methyl sites for hydroxylation is 1. The highest BCUT2D eigenvalue weighted by atomic mass is 35.5. The first-order chi connectivity index (χ1) is 8.60. The van der Waals surface area contributed by atoms with Crippen LogP contribution in [0, 0.1) is 0 Å². The van der Waals surface area contributed by atoms with E-state index in [1.54, 1.807) is 4.68 Å². The summed E-state index contributed by atoms with van der Waals surface area (Å²) >= 11 is 11.8. The molecule has 2 heterocycles. The number of pyridine rings is 1. The summed E-state index contributed by atoms with van der Waals surface area (Å²) in [5, 5.41) is 4.74. The second kappa shape index (κ2) is 5.59. The number of nitrogens with zero attached hydrogens (tertiary/aromatic N) is 4. The molecule has 0 N–H and O–H groups in total. The Labute approximate surface area is 116 Å². The standard InChI is InChI=1S/C12H14Cl2N4/c1-17(7-9-6-15-18(2)8-9)12-4-3-10(14)11(5-13)16-12/h3-4,6,8H,5,7H2,1-2H3. The van der Waals surface area contributed by atoms with Crippen molar-refractivity contribution in [2.24, 2.45) is 7.05 Å². The summed E-state index contributed by atoms with van der Waals surface area (Å²) in [5.74, 6) is 1.16. The number of rotatable bonds is 4. The van der Waals surface area contributed by atoms with E-state index in [1.165, 1.54) is 0 Å². The average Bonchev–Trinajstić information content (AvgIpc) is 2.75. The van der Waals surface area contributed by atoms with Crippen molar-refractivity contribution in [3.63, 3.8) is 0 Å². The zero-order valence-corrected chi connectivity index (χ0v) is 11.8. The molecule has 0 radical (unpaired) electrons. The highest BCUT2D eigenvalue weighted by molar-refractivity contribution is 6.32. The van der Waals surface area contributed by atoms with Crippen LogP contribution in [0.3, 0.4) is 0 Å². The van der Waals surface area contributed by atoms with Crippen molar-refractivity contribution in [2.45, 2.75) is 12.4 Å². The van der Waals surface area contributed by atoms with Gasteiger partial charge < -0.3 is 4.90 Å². The van der Waals surface area contributed by atoms with E-state index in [9.17, 15) is 0 Å². The van der Waals surface area contributed by atoms with Crippen molar-refractivity contribution < 1.29 is 0 Å². The third-order valence-corrected chi connectivity index (χ3v) is 3.20. The van der Waals surface area contributed by atoms with Gasteiger partial charge in [-0.15, -0.1) is 11.6 Å². The number of hydrogen-bond donors (Lipinski definition) is 0. The average molecular weight is 285 g/mol. The van der Waals surface area contributed by atoms with Crippen molar-refractivity contribution in [1.82, 2.24) is 14.8 Å². The Morgan fingerprint density at radius 3 is 2.78 bits per heavy atom. The lowest BCUT2D eigenvalue weighted by atomic mass is 10.3. The Bertz CT molecular complexity index is 539. The van der Waals surface area contributed by atoms with E-state index < -0.39 is 0 Å². The second-order valence-electron chi connectivity index (χ2n) is 4.11. The Hall–Kier alpha value is -1.26. The van der Waals surface area contributed by atoms with E-state index in [4.69, 9.17) is 23.2 Å². The van der Waals surface area contributed by atoms with Crippen LogP contribution in [0.15, 0.2) is 24.5 Å². The molecule has 96 valence electrons. The quantitative estimate of drug-likeness (QED) is 0.810. The smallest absolute Gasteiger partial charge is 0.129 e. The molecule has 0 unspecified atom stereocenters. The molecule has 0 amide bonds. The minimum atomic E-state index is 0.313. The topological polar surface area (TPSA) is 34.0 Å². The zero-order valence-electron chi connectivity index (χ0n) is 10.3. The number of aromatic nitrogens is 3. The largest absolute Gasteiger partial charge is 0.355 e. The van der Waals surface area contributed by atoms with Crippen LogP contribution in [0.1, 0.15) is 11.3 Å². The van der Waals surface area contributed by atoms with Crippen LogP contribution < -0.4 is 4.90 Å². The highest BCUT2D eigenvalue weighted by Gasteiger charge is 2.08.